The second-order valence-corrected chi connectivity index (χ2v) is 3.73. The van der Waals surface area contributed by atoms with Crippen LogP contribution in [0.5, 0.6) is 11.5 Å². The van der Waals surface area contributed by atoms with E-state index < -0.39 is 18.6 Å². The first-order valence-corrected chi connectivity index (χ1v) is 5.44. The summed E-state index contributed by atoms with van der Waals surface area (Å²) >= 11 is 0. The molecule has 0 amide bonds. The van der Waals surface area contributed by atoms with Crippen molar-refractivity contribution in [3.63, 3.8) is 0 Å². The molecule has 0 aromatic heterocycles. The van der Waals surface area contributed by atoms with E-state index in [0.717, 1.165) is 0 Å². The summed E-state index contributed by atoms with van der Waals surface area (Å²) in [6.07, 6.45) is -5.43. The zero-order valence-electron chi connectivity index (χ0n) is 10.2. The first-order chi connectivity index (χ1) is 8.83. The van der Waals surface area contributed by atoms with E-state index in [9.17, 15) is 18.0 Å². The third-order valence-corrected chi connectivity index (χ3v) is 2.28. The number of carboxylic acids is 1. The van der Waals surface area contributed by atoms with Crippen molar-refractivity contribution in [1.29, 1.82) is 0 Å². The van der Waals surface area contributed by atoms with Gasteiger partial charge in [0.25, 0.3) is 0 Å². The van der Waals surface area contributed by atoms with Crippen molar-refractivity contribution in [2.24, 2.45) is 0 Å². The Bertz CT molecular complexity index is 443. The van der Waals surface area contributed by atoms with Crippen molar-refractivity contribution in [2.45, 2.75) is 19.0 Å². The molecule has 0 saturated heterocycles. The van der Waals surface area contributed by atoms with Crippen LogP contribution in [0, 0.1) is 0 Å². The summed E-state index contributed by atoms with van der Waals surface area (Å²) in [6.45, 7) is -0.202. The minimum absolute atomic E-state index is 0.0236. The van der Waals surface area contributed by atoms with E-state index in [0.29, 0.717) is 5.75 Å². The maximum absolute atomic E-state index is 11.9. The quantitative estimate of drug-likeness (QED) is 0.812. The Balaban J connectivity index is 2.65. The fraction of sp³-hybridized carbons (Fsp3) is 0.417. The highest BCUT2D eigenvalue weighted by molar-refractivity contribution is 5.91. The Morgan fingerprint density at radius 3 is 2.58 bits per heavy atom. The number of benzene rings is 1. The lowest BCUT2D eigenvalue weighted by Crippen LogP contribution is -2.11. The number of hydrogen-bond acceptors (Lipinski definition) is 3. The summed E-state index contributed by atoms with van der Waals surface area (Å²) < 4.78 is 45.7. The van der Waals surface area contributed by atoms with Gasteiger partial charge in [0.15, 0.2) is 0 Å². The molecule has 7 heteroatoms. The van der Waals surface area contributed by atoms with Gasteiger partial charge in [-0.2, -0.15) is 13.2 Å². The number of halogens is 3. The van der Waals surface area contributed by atoms with E-state index in [4.69, 9.17) is 14.6 Å². The van der Waals surface area contributed by atoms with Gasteiger partial charge in [-0.1, -0.05) is 0 Å². The number of methoxy groups -OCH3 is 1. The van der Waals surface area contributed by atoms with E-state index in [1.165, 1.54) is 25.3 Å². The zero-order chi connectivity index (χ0) is 14.5. The Morgan fingerprint density at radius 1 is 1.37 bits per heavy atom. The summed E-state index contributed by atoms with van der Waals surface area (Å²) in [5.41, 5.74) is -0.147. The monoisotopic (exact) mass is 278 g/mol. The summed E-state index contributed by atoms with van der Waals surface area (Å²) in [5.74, 6) is -0.875. The van der Waals surface area contributed by atoms with Crippen molar-refractivity contribution < 1.29 is 32.5 Å². The molecule has 0 saturated carbocycles. The van der Waals surface area contributed by atoms with Crippen LogP contribution in [-0.4, -0.2) is 31.0 Å². The molecule has 0 aliphatic carbocycles. The SMILES string of the molecule is COc1ccc(OCCCC(F)(F)F)c(C(=O)O)c1. The molecule has 1 N–H and O–H groups in total. The molecule has 1 rings (SSSR count). The third-order valence-electron chi connectivity index (χ3n) is 2.28. The average Bonchev–Trinajstić information content (AvgIpc) is 2.33. The number of carboxylic acid groups (broad SMARTS) is 1. The van der Waals surface area contributed by atoms with Gasteiger partial charge in [0.05, 0.1) is 13.7 Å². The van der Waals surface area contributed by atoms with Crippen LogP contribution >= 0.6 is 0 Å². The second-order valence-electron chi connectivity index (χ2n) is 3.73. The van der Waals surface area contributed by atoms with Gasteiger partial charge in [-0.3, -0.25) is 0 Å². The molecule has 1 aromatic rings. The molecule has 0 atom stereocenters. The van der Waals surface area contributed by atoms with Crippen molar-refractivity contribution >= 4 is 5.97 Å². The van der Waals surface area contributed by atoms with Gasteiger partial charge in [0.2, 0.25) is 0 Å². The van der Waals surface area contributed by atoms with E-state index >= 15 is 0 Å². The number of aromatic carboxylic acids is 1. The fourth-order valence-corrected chi connectivity index (χ4v) is 1.38. The van der Waals surface area contributed by atoms with Gasteiger partial charge in [0.1, 0.15) is 17.1 Å². The molecule has 0 aliphatic rings. The van der Waals surface area contributed by atoms with E-state index in [-0.39, 0.29) is 24.3 Å². The molecular weight excluding hydrogens is 265 g/mol. The fourth-order valence-electron chi connectivity index (χ4n) is 1.38. The Kier molecular flexibility index (Phi) is 5.02. The molecule has 1 aromatic carbocycles. The largest absolute Gasteiger partial charge is 0.497 e. The van der Waals surface area contributed by atoms with Crippen LogP contribution in [0.25, 0.3) is 0 Å². The van der Waals surface area contributed by atoms with Crippen molar-refractivity contribution in [2.75, 3.05) is 13.7 Å². The summed E-state index contributed by atoms with van der Waals surface area (Å²) in [4.78, 5) is 11.0. The topological polar surface area (TPSA) is 55.8 Å². The van der Waals surface area contributed by atoms with E-state index in [2.05, 4.69) is 0 Å². The van der Waals surface area contributed by atoms with Crippen LogP contribution in [0.3, 0.4) is 0 Å². The molecule has 0 heterocycles. The van der Waals surface area contributed by atoms with Crippen LogP contribution in [0.15, 0.2) is 18.2 Å². The van der Waals surface area contributed by atoms with Gasteiger partial charge >= 0.3 is 12.1 Å². The zero-order valence-corrected chi connectivity index (χ0v) is 10.2. The number of alkyl halides is 3. The van der Waals surface area contributed by atoms with Crippen LogP contribution in [-0.2, 0) is 0 Å². The molecule has 19 heavy (non-hydrogen) atoms. The highest BCUT2D eigenvalue weighted by Gasteiger charge is 2.26. The molecule has 106 valence electrons. The maximum atomic E-state index is 11.9. The van der Waals surface area contributed by atoms with Crippen LogP contribution in [0.4, 0.5) is 13.2 Å². The average molecular weight is 278 g/mol. The second kappa shape index (κ2) is 6.31. The molecule has 0 fully saturated rings. The smallest absolute Gasteiger partial charge is 0.389 e. The summed E-state index contributed by atoms with van der Waals surface area (Å²) in [5, 5.41) is 8.96. The highest BCUT2D eigenvalue weighted by atomic mass is 19.4. The van der Waals surface area contributed by atoms with Crippen molar-refractivity contribution in [3.8, 4) is 11.5 Å². The summed E-state index contributed by atoms with van der Waals surface area (Å²) in [6, 6.07) is 4.09. The number of ether oxygens (including phenoxy) is 2. The number of rotatable bonds is 6. The van der Waals surface area contributed by atoms with Crippen molar-refractivity contribution in [1.82, 2.24) is 0 Å². The molecule has 0 aliphatic heterocycles. The molecule has 0 spiro atoms. The first-order valence-electron chi connectivity index (χ1n) is 5.44. The predicted molar refractivity (Wildman–Crippen MR) is 60.7 cm³/mol. The Hall–Kier alpha value is -1.92. The lowest BCUT2D eigenvalue weighted by Gasteiger charge is -2.11. The highest BCUT2D eigenvalue weighted by Crippen LogP contribution is 2.25. The third kappa shape index (κ3) is 5.07. The van der Waals surface area contributed by atoms with Crippen LogP contribution in [0.2, 0.25) is 0 Å². The molecular formula is C12H13F3O4. The normalized spacial score (nSPS) is 11.2. The van der Waals surface area contributed by atoms with Gasteiger partial charge in [-0.15, -0.1) is 0 Å². The maximum Gasteiger partial charge on any atom is 0.389 e. The lowest BCUT2D eigenvalue weighted by atomic mass is 10.2. The Morgan fingerprint density at radius 2 is 2.05 bits per heavy atom. The molecule has 4 nitrogen and oxygen atoms in total. The first kappa shape index (κ1) is 15.1. The lowest BCUT2D eigenvalue weighted by molar-refractivity contribution is -0.136. The van der Waals surface area contributed by atoms with Gasteiger partial charge < -0.3 is 14.6 Å². The van der Waals surface area contributed by atoms with Crippen molar-refractivity contribution in [3.05, 3.63) is 23.8 Å². The number of carbonyl (C=O) groups is 1. The Labute approximate surface area is 107 Å². The molecule has 0 unspecified atom stereocenters. The molecule has 0 radical (unpaired) electrons. The van der Waals surface area contributed by atoms with Crippen LogP contribution < -0.4 is 9.47 Å². The van der Waals surface area contributed by atoms with Gasteiger partial charge in [0, 0.05) is 6.42 Å². The minimum atomic E-state index is -4.24. The van der Waals surface area contributed by atoms with E-state index in [1.807, 2.05) is 0 Å². The summed E-state index contributed by atoms with van der Waals surface area (Å²) in [7, 11) is 1.38. The van der Waals surface area contributed by atoms with E-state index in [1.54, 1.807) is 0 Å². The predicted octanol–water partition coefficient (Wildman–Crippen LogP) is 3.11. The van der Waals surface area contributed by atoms with Gasteiger partial charge in [-0.25, -0.2) is 4.79 Å². The number of hydrogen-bond donors (Lipinski definition) is 1. The van der Waals surface area contributed by atoms with Crippen LogP contribution in [0.1, 0.15) is 23.2 Å². The minimum Gasteiger partial charge on any atom is -0.497 e. The molecule has 0 bridgehead atoms. The standard InChI is InChI=1S/C12H13F3O4/c1-18-8-3-4-10(9(7-8)11(16)17)19-6-2-5-12(13,14)15/h3-4,7H,2,5-6H2,1H3,(H,16,17). The van der Waals surface area contributed by atoms with Gasteiger partial charge in [-0.05, 0) is 24.6 Å².